The van der Waals surface area contributed by atoms with Gasteiger partial charge in [0.25, 0.3) is 11.5 Å². The fourth-order valence-electron chi connectivity index (χ4n) is 4.08. The van der Waals surface area contributed by atoms with Crippen molar-refractivity contribution in [3.63, 3.8) is 0 Å². The molecule has 0 bridgehead atoms. The van der Waals surface area contributed by atoms with Gasteiger partial charge in [0, 0.05) is 29.6 Å². The molecule has 3 aromatic rings. The molecule has 2 aromatic heterocycles. The van der Waals surface area contributed by atoms with Gasteiger partial charge in [-0.3, -0.25) is 14.2 Å². The highest BCUT2D eigenvalue weighted by Gasteiger charge is 2.29. The number of fused-ring (bicyclic) bond motifs is 2. The van der Waals surface area contributed by atoms with E-state index in [1.165, 1.54) is 10.8 Å². The molecular formula is C23H29N5O4S. The largest absolute Gasteiger partial charge is 0.356 e. The van der Waals surface area contributed by atoms with E-state index >= 15 is 0 Å². The second-order valence-corrected chi connectivity index (χ2v) is 11.9. The van der Waals surface area contributed by atoms with Gasteiger partial charge < -0.3 is 15.6 Å². The zero-order valence-corrected chi connectivity index (χ0v) is 20.3. The van der Waals surface area contributed by atoms with Crippen LogP contribution in [0.2, 0.25) is 0 Å². The van der Waals surface area contributed by atoms with Crippen LogP contribution in [0.4, 0.5) is 5.95 Å². The Bertz CT molecular complexity index is 1410. The highest BCUT2D eigenvalue weighted by atomic mass is 32.2. The van der Waals surface area contributed by atoms with Crippen molar-refractivity contribution >= 4 is 32.6 Å². The smallest absolute Gasteiger partial charge is 0.262 e. The third-order valence-electron chi connectivity index (χ3n) is 5.53. The Balaban J connectivity index is 1.87. The molecule has 1 amide bonds. The second-order valence-electron chi connectivity index (χ2n) is 9.66. The summed E-state index contributed by atoms with van der Waals surface area (Å²) in [5.74, 6) is 0.239. The number of nitrogens with zero attached hydrogens (tertiary/aromatic N) is 2. The van der Waals surface area contributed by atoms with Crippen molar-refractivity contribution in [2.75, 3.05) is 17.3 Å². The summed E-state index contributed by atoms with van der Waals surface area (Å²) in [7, 11) is -3.14. The lowest BCUT2D eigenvalue weighted by Gasteiger charge is -2.24. The normalized spacial score (nSPS) is 16.2. The van der Waals surface area contributed by atoms with E-state index in [1.807, 2.05) is 33.8 Å². The maximum atomic E-state index is 13.5. The quantitative estimate of drug-likeness (QED) is 0.508. The summed E-state index contributed by atoms with van der Waals surface area (Å²) in [5.41, 5.74) is 2.75. The topological polar surface area (TPSA) is 126 Å². The highest BCUT2D eigenvalue weighted by molar-refractivity contribution is 7.90. The average Bonchev–Trinajstić information content (AvgIpc) is 3.23. The van der Waals surface area contributed by atoms with Crippen molar-refractivity contribution < 1.29 is 13.2 Å². The molecule has 10 heteroatoms. The third-order valence-corrected chi connectivity index (χ3v) is 6.56. The fraction of sp³-hybridized carbons (Fsp3) is 0.435. The molecule has 176 valence electrons. The first-order chi connectivity index (χ1) is 15.3. The molecule has 0 saturated heterocycles. The van der Waals surface area contributed by atoms with Crippen molar-refractivity contribution in [1.82, 2.24) is 19.9 Å². The molecule has 0 radical (unpaired) electrons. The Morgan fingerprint density at radius 2 is 1.91 bits per heavy atom. The van der Waals surface area contributed by atoms with Crippen LogP contribution in [0.25, 0.3) is 22.2 Å². The molecule has 1 aliphatic rings. The first-order valence-electron chi connectivity index (χ1n) is 10.9. The van der Waals surface area contributed by atoms with Crippen molar-refractivity contribution in [3.8, 4) is 11.3 Å². The Morgan fingerprint density at radius 3 is 2.55 bits per heavy atom. The van der Waals surface area contributed by atoms with Gasteiger partial charge in [0.15, 0.2) is 0 Å². The SMILES string of the molecule is CC1NC(=O)c2cc(-c3cccc4c(=O)n(CCCS(C)(=O)=O)c(NC(C)(C)C)nc34)[nH]c21. The van der Waals surface area contributed by atoms with Gasteiger partial charge >= 0.3 is 0 Å². The molecule has 4 rings (SSSR count). The molecule has 0 spiro atoms. The summed E-state index contributed by atoms with van der Waals surface area (Å²) >= 11 is 0. The minimum atomic E-state index is -3.14. The standard InChI is InChI=1S/C23H29N5O4S/c1-13-18-16(20(29)24-13)12-17(25-18)14-8-6-9-15-19(14)26-22(27-23(2,3)4)28(21(15)30)10-7-11-33(5,31)32/h6,8-9,12-13,25H,7,10-11H2,1-5H3,(H,24,29)(H,26,27). The Morgan fingerprint density at radius 1 is 1.18 bits per heavy atom. The summed E-state index contributed by atoms with van der Waals surface area (Å²) in [6, 6.07) is 7.04. The van der Waals surface area contributed by atoms with Crippen LogP contribution in [-0.4, -0.2) is 46.4 Å². The number of carbonyl (C=O) groups is 1. The number of nitrogens with one attached hydrogen (secondary N) is 3. The molecule has 1 unspecified atom stereocenters. The van der Waals surface area contributed by atoms with Crippen molar-refractivity contribution in [2.45, 2.75) is 52.2 Å². The lowest BCUT2D eigenvalue weighted by molar-refractivity contribution is 0.0958. The van der Waals surface area contributed by atoms with Crippen LogP contribution in [-0.2, 0) is 16.4 Å². The summed E-state index contributed by atoms with van der Waals surface area (Å²) in [6.07, 6.45) is 1.49. The molecule has 1 aliphatic heterocycles. The van der Waals surface area contributed by atoms with Crippen molar-refractivity contribution in [1.29, 1.82) is 0 Å². The number of amides is 1. The Hall–Kier alpha value is -3.14. The zero-order chi connectivity index (χ0) is 24.1. The number of rotatable bonds is 6. The summed E-state index contributed by atoms with van der Waals surface area (Å²) in [5, 5.41) is 6.59. The Labute approximate surface area is 192 Å². The molecule has 33 heavy (non-hydrogen) atoms. The number of sulfone groups is 1. The van der Waals surface area contributed by atoms with Crippen LogP contribution >= 0.6 is 0 Å². The molecule has 0 aliphatic carbocycles. The first kappa shape index (κ1) is 23.0. The molecule has 0 saturated carbocycles. The van der Waals surface area contributed by atoms with Gasteiger partial charge in [-0.1, -0.05) is 12.1 Å². The van der Waals surface area contributed by atoms with Gasteiger partial charge in [0.1, 0.15) is 9.84 Å². The Kier molecular flexibility index (Phi) is 5.60. The molecule has 3 N–H and O–H groups in total. The summed E-state index contributed by atoms with van der Waals surface area (Å²) in [4.78, 5) is 33.8. The van der Waals surface area contributed by atoms with E-state index in [9.17, 15) is 18.0 Å². The van der Waals surface area contributed by atoms with Gasteiger partial charge in [-0.05, 0) is 46.2 Å². The predicted octanol–water partition coefficient (Wildman–Crippen LogP) is 2.84. The van der Waals surface area contributed by atoms with Crippen LogP contribution in [0.1, 0.15) is 56.2 Å². The number of anilines is 1. The number of benzene rings is 1. The van der Waals surface area contributed by atoms with E-state index in [-0.39, 0.29) is 35.3 Å². The lowest BCUT2D eigenvalue weighted by atomic mass is 10.1. The minimum absolute atomic E-state index is 0.0131. The summed E-state index contributed by atoms with van der Waals surface area (Å²) in [6.45, 7) is 8.03. The fourth-order valence-corrected chi connectivity index (χ4v) is 4.73. The van der Waals surface area contributed by atoms with Gasteiger partial charge in [-0.2, -0.15) is 0 Å². The van der Waals surface area contributed by atoms with E-state index in [2.05, 4.69) is 15.6 Å². The van der Waals surface area contributed by atoms with Crippen molar-refractivity contribution in [2.24, 2.45) is 0 Å². The van der Waals surface area contributed by atoms with Gasteiger partial charge in [0.05, 0.1) is 34.0 Å². The number of aromatic amines is 1. The van der Waals surface area contributed by atoms with Crippen LogP contribution in [0.3, 0.4) is 0 Å². The van der Waals surface area contributed by atoms with Gasteiger partial charge in [-0.25, -0.2) is 13.4 Å². The van der Waals surface area contributed by atoms with Crippen molar-refractivity contribution in [3.05, 3.63) is 45.9 Å². The molecule has 3 heterocycles. The molecule has 0 fully saturated rings. The van der Waals surface area contributed by atoms with E-state index in [1.54, 1.807) is 18.2 Å². The first-order valence-corrected chi connectivity index (χ1v) is 12.9. The van der Waals surface area contributed by atoms with Crippen LogP contribution in [0, 0.1) is 0 Å². The second kappa shape index (κ2) is 8.02. The van der Waals surface area contributed by atoms with Crippen LogP contribution < -0.4 is 16.2 Å². The minimum Gasteiger partial charge on any atom is -0.356 e. The molecule has 9 nitrogen and oxygen atoms in total. The van der Waals surface area contributed by atoms with Gasteiger partial charge in [-0.15, -0.1) is 0 Å². The van der Waals surface area contributed by atoms with E-state index < -0.39 is 9.84 Å². The number of H-pyrrole nitrogens is 1. The van der Waals surface area contributed by atoms with Gasteiger partial charge in [0.2, 0.25) is 5.95 Å². The highest BCUT2D eigenvalue weighted by Crippen LogP contribution is 2.32. The number of hydrogen-bond acceptors (Lipinski definition) is 6. The number of aromatic nitrogens is 3. The third kappa shape index (κ3) is 4.66. The lowest BCUT2D eigenvalue weighted by Crippen LogP contribution is -2.33. The number of carbonyl (C=O) groups excluding carboxylic acids is 1. The maximum Gasteiger partial charge on any atom is 0.262 e. The molecule has 1 aromatic carbocycles. The van der Waals surface area contributed by atoms with E-state index in [4.69, 9.17) is 4.98 Å². The van der Waals surface area contributed by atoms with Crippen LogP contribution in [0.5, 0.6) is 0 Å². The van der Waals surface area contributed by atoms with E-state index in [0.29, 0.717) is 28.8 Å². The zero-order valence-electron chi connectivity index (χ0n) is 19.4. The number of para-hydroxylation sites is 1. The number of hydrogen-bond donors (Lipinski definition) is 3. The monoisotopic (exact) mass is 471 g/mol. The summed E-state index contributed by atoms with van der Waals surface area (Å²) < 4.78 is 24.7. The average molecular weight is 472 g/mol. The molecular weight excluding hydrogens is 442 g/mol. The predicted molar refractivity (Wildman–Crippen MR) is 129 cm³/mol. The van der Waals surface area contributed by atoms with Crippen LogP contribution in [0.15, 0.2) is 29.1 Å². The molecule has 1 atom stereocenters. The van der Waals surface area contributed by atoms with E-state index in [0.717, 1.165) is 17.0 Å². The maximum absolute atomic E-state index is 13.5.